The fourth-order valence-corrected chi connectivity index (χ4v) is 1.45. The molecule has 0 bridgehead atoms. The molecule has 1 aromatic rings. The fraction of sp³-hybridized carbons (Fsp3) is 0.333. The van der Waals surface area contributed by atoms with E-state index in [2.05, 4.69) is 10.2 Å². The molecule has 11 heavy (non-hydrogen) atoms. The molecule has 0 saturated carbocycles. The normalized spacial score (nSPS) is 10.3. The Hall–Kier alpha value is -0.633. The zero-order chi connectivity index (χ0) is 8.59. The smallest absolute Gasteiger partial charge is 0.129 e. The second-order valence-electron chi connectivity index (χ2n) is 2.81. The van der Waals surface area contributed by atoms with Crippen molar-refractivity contribution in [3.05, 3.63) is 28.6 Å². The fourth-order valence-electron chi connectivity index (χ4n) is 1.05. The molecule has 0 heterocycles. The van der Waals surface area contributed by atoms with Crippen molar-refractivity contribution in [1.82, 2.24) is 0 Å². The highest BCUT2D eigenvalue weighted by atomic mass is 28.1. The molecular weight excluding hydrogens is 155 g/mol. The average Bonchev–Trinajstić information content (AvgIpc) is 1.97. The van der Waals surface area contributed by atoms with E-state index >= 15 is 0 Å². The quantitative estimate of drug-likeness (QED) is 0.512. The third kappa shape index (κ3) is 1.36. The van der Waals surface area contributed by atoms with Crippen LogP contribution in [0.2, 0.25) is 0 Å². The van der Waals surface area contributed by atoms with Gasteiger partial charge in [0.2, 0.25) is 0 Å². The van der Waals surface area contributed by atoms with Gasteiger partial charge in [-0.3, -0.25) is 0 Å². The van der Waals surface area contributed by atoms with Gasteiger partial charge in [0.25, 0.3) is 0 Å². The van der Waals surface area contributed by atoms with Crippen molar-refractivity contribution < 1.29 is 4.39 Å². The summed E-state index contributed by atoms with van der Waals surface area (Å²) in [5.74, 6) is -0.0931. The number of rotatable bonds is 0. The van der Waals surface area contributed by atoms with E-state index in [-0.39, 0.29) is 5.82 Å². The van der Waals surface area contributed by atoms with Crippen LogP contribution in [0.25, 0.3) is 0 Å². The predicted octanol–water partition coefficient (Wildman–Crippen LogP) is 1.54. The Labute approximate surface area is 69.9 Å². The van der Waals surface area contributed by atoms with E-state index in [1.54, 1.807) is 19.9 Å². The van der Waals surface area contributed by atoms with Crippen LogP contribution in [0.15, 0.2) is 6.07 Å². The molecular formula is C9H10FSi. The Kier molecular flexibility index (Phi) is 2.14. The first-order chi connectivity index (χ1) is 5.04. The molecule has 0 nitrogen and oxygen atoms in total. The minimum atomic E-state index is -0.0931. The second-order valence-corrected chi connectivity index (χ2v) is 3.34. The summed E-state index contributed by atoms with van der Waals surface area (Å²) in [7, 11) is 3.41. The summed E-state index contributed by atoms with van der Waals surface area (Å²) in [6, 6.07) is 1.80. The van der Waals surface area contributed by atoms with Gasteiger partial charge in [0.05, 0.1) is 10.2 Å². The van der Waals surface area contributed by atoms with Crippen LogP contribution in [0.3, 0.4) is 0 Å². The van der Waals surface area contributed by atoms with Gasteiger partial charge in [-0.05, 0) is 37.5 Å². The highest BCUT2D eigenvalue weighted by molar-refractivity contribution is 6.33. The molecule has 0 unspecified atom stereocenters. The molecule has 0 atom stereocenters. The summed E-state index contributed by atoms with van der Waals surface area (Å²) in [5.41, 5.74) is 2.40. The molecule has 0 aliphatic heterocycles. The van der Waals surface area contributed by atoms with Crippen LogP contribution in [0.4, 0.5) is 4.39 Å². The molecule has 0 aliphatic carbocycles. The van der Waals surface area contributed by atoms with Crippen LogP contribution in [0.1, 0.15) is 16.7 Å². The summed E-state index contributed by atoms with van der Waals surface area (Å²) in [5, 5.41) is 0.974. The molecule has 0 saturated heterocycles. The van der Waals surface area contributed by atoms with Crippen molar-refractivity contribution in [1.29, 1.82) is 0 Å². The molecule has 2 heteroatoms. The van der Waals surface area contributed by atoms with Gasteiger partial charge in [-0.1, -0.05) is 11.3 Å². The van der Waals surface area contributed by atoms with Gasteiger partial charge in [0.15, 0.2) is 0 Å². The molecule has 0 aromatic heterocycles. The SMILES string of the molecule is Cc1cc([Si])c(C)c(C)c1F. The van der Waals surface area contributed by atoms with E-state index in [0.717, 1.165) is 16.3 Å². The van der Waals surface area contributed by atoms with Crippen LogP contribution < -0.4 is 5.19 Å². The molecule has 0 spiro atoms. The third-order valence-corrected chi connectivity index (χ3v) is 2.52. The lowest BCUT2D eigenvalue weighted by Gasteiger charge is -2.07. The maximum Gasteiger partial charge on any atom is 0.129 e. The first kappa shape index (κ1) is 8.46. The van der Waals surface area contributed by atoms with Crippen molar-refractivity contribution in [2.75, 3.05) is 0 Å². The zero-order valence-electron chi connectivity index (χ0n) is 6.96. The van der Waals surface area contributed by atoms with Crippen LogP contribution in [0, 0.1) is 26.6 Å². The van der Waals surface area contributed by atoms with E-state index < -0.39 is 0 Å². The lowest BCUT2D eigenvalue weighted by Crippen LogP contribution is -2.11. The van der Waals surface area contributed by atoms with E-state index in [0.29, 0.717) is 5.56 Å². The maximum atomic E-state index is 13.1. The maximum absolute atomic E-state index is 13.1. The second kappa shape index (κ2) is 2.78. The highest BCUT2D eigenvalue weighted by Crippen LogP contribution is 2.12. The Morgan fingerprint density at radius 1 is 1.18 bits per heavy atom. The summed E-state index contributed by atoms with van der Waals surface area (Å²) < 4.78 is 13.1. The van der Waals surface area contributed by atoms with Crippen molar-refractivity contribution in [3.8, 4) is 0 Å². The average molecular weight is 165 g/mol. The standard InChI is InChI=1S/C9H10FSi/c1-5-4-8(11)6(2)7(3)9(5)10/h4H,1-3H3. The van der Waals surface area contributed by atoms with E-state index in [1.165, 1.54) is 0 Å². The Morgan fingerprint density at radius 2 is 1.73 bits per heavy atom. The molecule has 0 amide bonds. The summed E-state index contributed by atoms with van der Waals surface area (Å²) in [6.07, 6.45) is 0. The van der Waals surface area contributed by atoms with Crippen LogP contribution in [-0.2, 0) is 0 Å². The molecule has 1 aromatic carbocycles. The van der Waals surface area contributed by atoms with Crippen molar-refractivity contribution in [2.45, 2.75) is 20.8 Å². The number of hydrogen-bond acceptors (Lipinski definition) is 0. The van der Waals surface area contributed by atoms with Crippen molar-refractivity contribution >= 4 is 15.4 Å². The minimum Gasteiger partial charge on any atom is -0.206 e. The van der Waals surface area contributed by atoms with Crippen molar-refractivity contribution in [2.24, 2.45) is 0 Å². The highest BCUT2D eigenvalue weighted by Gasteiger charge is 2.05. The molecule has 1 rings (SSSR count). The zero-order valence-corrected chi connectivity index (χ0v) is 7.96. The summed E-state index contributed by atoms with van der Waals surface area (Å²) in [6.45, 7) is 5.47. The third-order valence-electron chi connectivity index (χ3n) is 2.00. The molecule has 0 fully saturated rings. The first-order valence-corrected chi connectivity index (χ1v) is 4.02. The number of aryl methyl sites for hydroxylation is 1. The molecule has 3 radical (unpaired) electrons. The van der Waals surface area contributed by atoms with Gasteiger partial charge in [-0.25, -0.2) is 4.39 Å². The largest absolute Gasteiger partial charge is 0.206 e. The van der Waals surface area contributed by atoms with Crippen LogP contribution in [0.5, 0.6) is 0 Å². The van der Waals surface area contributed by atoms with Gasteiger partial charge in [0, 0.05) is 0 Å². The van der Waals surface area contributed by atoms with Gasteiger partial charge in [-0.15, -0.1) is 0 Å². The Bertz CT molecular complexity index is 266. The minimum absolute atomic E-state index is 0.0931. The molecule has 0 N–H and O–H groups in total. The van der Waals surface area contributed by atoms with E-state index in [9.17, 15) is 4.39 Å². The molecule has 57 valence electrons. The first-order valence-electron chi connectivity index (χ1n) is 3.52. The summed E-state index contributed by atoms with van der Waals surface area (Å²) >= 11 is 0. The molecule has 0 aliphatic rings. The van der Waals surface area contributed by atoms with Gasteiger partial charge >= 0.3 is 0 Å². The predicted molar refractivity (Wildman–Crippen MR) is 46.0 cm³/mol. The monoisotopic (exact) mass is 165 g/mol. The van der Waals surface area contributed by atoms with Gasteiger partial charge in [-0.2, -0.15) is 0 Å². The van der Waals surface area contributed by atoms with Crippen LogP contribution in [-0.4, -0.2) is 10.2 Å². The van der Waals surface area contributed by atoms with Gasteiger partial charge < -0.3 is 0 Å². The van der Waals surface area contributed by atoms with E-state index in [1.807, 2.05) is 6.92 Å². The summed E-state index contributed by atoms with van der Waals surface area (Å²) in [4.78, 5) is 0. The topological polar surface area (TPSA) is 0 Å². The number of benzene rings is 1. The van der Waals surface area contributed by atoms with E-state index in [4.69, 9.17) is 0 Å². The van der Waals surface area contributed by atoms with Crippen LogP contribution >= 0.6 is 0 Å². The van der Waals surface area contributed by atoms with Gasteiger partial charge in [0.1, 0.15) is 5.82 Å². The lowest BCUT2D eigenvalue weighted by atomic mass is 10.1. The number of hydrogen-bond donors (Lipinski definition) is 0. The Morgan fingerprint density at radius 3 is 2.27 bits per heavy atom. The number of halogens is 1. The van der Waals surface area contributed by atoms with Crippen molar-refractivity contribution in [3.63, 3.8) is 0 Å². The lowest BCUT2D eigenvalue weighted by molar-refractivity contribution is 0.608. The Balaban J connectivity index is 3.46.